The highest BCUT2D eigenvalue weighted by Crippen LogP contribution is 2.36. The van der Waals surface area contributed by atoms with E-state index in [1.54, 1.807) is 6.26 Å². The van der Waals surface area contributed by atoms with Gasteiger partial charge >= 0.3 is 0 Å². The predicted molar refractivity (Wildman–Crippen MR) is 57.1 cm³/mol. The van der Waals surface area contributed by atoms with Gasteiger partial charge in [-0.2, -0.15) is 0 Å². The van der Waals surface area contributed by atoms with Crippen LogP contribution in [-0.4, -0.2) is 6.04 Å². The lowest BCUT2D eigenvalue weighted by molar-refractivity contribution is 0.516. The highest BCUT2D eigenvalue weighted by atomic mass is 16.3. The van der Waals surface area contributed by atoms with Gasteiger partial charge in [-0.25, -0.2) is 0 Å². The topological polar surface area (TPSA) is 25.2 Å². The van der Waals surface area contributed by atoms with Crippen LogP contribution >= 0.6 is 0 Å². The third kappa shape index (κ3) is 2.18. The van der Waals surface area contributed by atoms with Crippen molar-refractivity contribution in [1.29, 1.82) is 0 Å². The molecular formula is C12H19NO. The molecule has 2 heteroatoms. The molecule has 1 aromatic rings. The SMILES string of the molecule is CCCC1CC1NC(C)c1ccoc1. The van der Waals surface area contributed by atoms with Crippen molar-refractivity contribution < 1.29 is 4.42 Å². The maximum atomic E-state index is 5.07. The average Bonchev–Trinajstić information content (AvgIpc) is 2.71. The summed E-state index contributed by atoms with van der Waals surface area (Å²) in [7, 11) is 0. The minimum absolute atomic E-state index is 0.431. The highest BCUT2D eigenvalue weighted by molar-refractivity contribution is 5.11. The van der Waals surface area contributed by atoms with Crippen molar-refractivity contribution in [3.63, 3.8) is 0 Å². The summed E-state index contributed by atoms with van der Waals surface area (Å²) in [5.41, 5.74) is 1.26. The standard InChI is InChI=1S/C12H19NO/c1-3-4-10-7-12(10)13-9(2)11-5-6-14-8-11/h5-6,8-10,12-13H,3-4,7H2,1-2H3. The fraction of sp³-hybridized carbons (Fsp3) is 0.667. The van der Waals surface area contributed by atoms with Gasteiger partial charge in [-0.3, -0.25) is 0 Å². The Morgan fingerprint density at radius 2 is 2.50 bits per heavy atom. The van der Waals surface area contributed by atoms with E-state index in [1.165, 1.54) is 24.8 Å². The summed E-state index contributed by atoms with van der Waals surface area (Å²) in [5.74, 6) is 0.925. The molecule has 2 rings (SSSR count). The van der Waals surface area contributed by atoms with E-state index in [2.05, 4.69) is 19.2 Å². The lowest BCUT2D eigenvalue weighted by Crippen LogP contribution is -2.21. The molecule has 1 fully saturated rings. The molecular weight excluding hydrogens is 174 g/mol. The Labute approximate surface area is 85.7 Å². The molecule has 3 unspecified atom stereocenters. The van der Waals surface area contributed by atoms with Crippen molar-refractivity contribution in [2.24, 2.45) is 5.92 Å². The highest BCUT2D eigenvalue weighted by Gasteiger charge is 2.36. The van der Waals surface area contributed by atoms with Crippen molar-refractivity contribution in [1.82, 2.24) is 5.32 Å². The fourth-order valence-electron chi connectivity index (χ4n) is 2.08. The maximum Gasteiger partial charge on any atom is 0.0950 e. The van der Waals surface area contributed by atoms with Crippen molar-refractivity contribution in [2.75, 3.05) is 0 Å². The third-order valence-corrected chi connectivity index (χ3v) is 3.09. The largest absolute Gasteiger partial charge is 0.472 e. The van der Waals surface area contributed by atoms with Gasteiger partial charge in [0.2, 0.25) is 0 Å². The van der Waals surface area contributed by atoms with Crippen LogP contribution in [0.15, 0.2) is 23.0 Å². The quantitative estimate of drug-likeness (QED) is 0.777. The zero-order chi connectivity index (χ0) is 9.97. The van der Waals surface area contributed by atoms with Gasteiger partial charge < -0.3 is 9.73 Å². The van der Waals surface area contributed by atoms with Crippen molar-refractivity contribution in [2.45, 2.75) is 45.2 Å². The number of hydrogen-bond donors (Lipinski definition) is 1. The molecule has 14 heavy (non-hydrogen) atoms. The summed E-state index contributed by atoms with van der Waals surface area (Å²) in [6.45, 7) is 4.46. The van der Waals surface area contributed by atoms with Crippen LogP contribution < -0.4 is 5.32 Å². The molecule has 1 N–H and O–H groups in total. The van der Waals surface area contributed by atoms with Crippen molar-refractivity contribution >= 4 is 0 Å². The van der Waals surface area contributed by atoms with Crippen LogP contribution in [0.4, 0.5) is 0 Å². The fourth-order valence-corrected chi connectivity index (χ4v) is 2.08. The van der Waals surface area contributed by atoms with E-state index in [-0.39, 0.29) is 0 Å². The van der Waals surface area contributed by atoms with E-state index in [1.807, 2.05) is 12.3 Å². The molecule has 1 heterocycles. The van der Waals surface area contributed by atoms with Crippen molar-refractivity contribution in [3.05, 3.63) is 24.2 Å². The normalized spacial score (nSPS) is 27.6. The number of rotatable bonds is 5. The van der Waals surface area contributed by atoms with Gasteiger partial charge in [-0.1, -0.05) is 13.3 Å². The van der Waals surface area contributed by atoms with Crippen LogP contribution in [0, 0.1) is 5.92 Å². The molecule has 0 saturated heterocycles. The second-order valence-electron chi connectivity index (χ2n) is 4.34. The first kappa shape index (κ1) is 9.78. The summed E-state index contributed by atoms with van der Waals surface area (Å²) in [6.07, 6.45) is 7.60. The monoisotopic (exact) mass is 193 g/mol. The third-order valence-electron chi connectivity index (χ3n) is 3.09. The molecule has 0 bridgehead atoms. The summed E-state index contributed by atoms with van der Waals surface area (Å²) in [5, 5.41) is 3.63. The molecule has 1 aliphatic carbocycles. The van der Waals surface area contributed by atoms with E-state index in [9.17, 15) is 0 Å². The first-order valence-corrected chi connectivity index (χ1v) is 5.59. The summed E-state index contributed by atoms with van der Waals surface area (Å²) in [6, 6.07) is 3.22. The van der Waals surface area contributed by atoms with Gasteiger partial charge in [0.1, 0.15) is 0 Å². The van der Waals surface area contributed by atoms with Gasteiger partial charge in [0.25, 0.3) is 0 Å². The van der Waals surface area contributed by atoms with E-state index in [0.29, 0.717) is 6.04 Å². The smallest absolute Gasteiger partial charge is 0.0950 e. The van der Waals surface area contributed by atoms with Gasteiger partial charge in [0, 0.05) is 17.6 Å². The van der Waals surface area contributed by atoms with Gasteiger partial charge in [-0.15, -0.1) is 0 Å². The number of hydrogen-bond acceptors (Lipinski definition) is 2. The molecule has 2 nitrogen and oxygen atoms in total. The van der Waals surface area contributed by atoms with Crippen LogP contribution in [0.1, 0.15) is 44.7 Å². The second kappa shape index (κ2) is 4.18. The van der Waals surface area contributed by atoms with Crippen molar-refractivity contribution in [3.8, 4) is 0 Å². The molecule has 1 aromatic heterocycles. The molecule has 1 saturated carbocycles. The zero-order valence-corrected chi connectivity index (χ0v) is 8.99. The molecule has 0 aromatic carbocycles. The minimum atomic E-state index is 0.431. The molecule has 0 amide bonds. The molecule has 78 valence electrons. The number of furan rings is 1. The minimum Gasteiger partial charge on any atom is -0.472 e. The second-order valence-corrected chi connectivity index (χ2v) is 4.34. The number of nitrogens with one attached hydrogen (secondary N) is 1. The van der Waals surface area contributed by atoms with Crippen LogP contribution in [0.25, 0.3) is 0 Å². The summed E-state index contributed by atoms with van der Waals surface area (Å²) < 4.78 is 5.07. The Hall–Kier alpha value is -0.760. The van der Waals surface area contributed by atoms with Gasteiger partial charge in [-0.05, 0) is 31.7 Å². The molecule has 0 aliphatic heterocycles. The average molecular weight is 193 g/mol. The molecule has 1 aliphatic rings. The van der Waals surface area contributed by atoms with Crippen LogP contribution in [0.5, 0.6) is 0 Å². The molecule has 0 radical (unpaired) electrons. The molecule has 3 atom stereocenters. The van der Waals surface area contributed by atoms with Crippen LogP contribution in [0.3, 0.4) is 0 Å². The Balaban J connectivity index is 1.77. The Morgan fingerprint density at radius 3 is 3.14 bits per heavy atom. The first-order chi connectivity index (χ1) is 6.81. The van der Waals surface area contributed by atoms with Crippen LogP contribution in [0.2, 0.25) is 0 Å². The predicted octanol–water partition coefficient (Wildman–Crippen LogP) is 3.12. The Morgan fingerprint density at radius 1 is 1.64 bits per heavy atom. The first-order valence-electron chi connectivity index (χ1n) is 5.59. The summed E-state index contributed by atoms with van der Waals surface area (Å²) in [4.78, 5) is 0. The van der Waals surface area contributed by atoms with Crippen LogP contribution in [-0.2, 0) is 0 Å². The van der Waals surface area contributed by atoms with E-state index in [4.69, 9.17) is 4.42 Å². The van der Waals surface area contributed by atoms with E-state index < -0.39 is 0 Å². The lowest BCUT2D eigenvalue weighted by Gasteiger charge is -2.11. The van der Waals surface area contributed by atoms with E-state index >= 15 is 0 Å². The van der Waals surface area contributed by atoms with Gasteiger partial charge in [0.05, 0.1) is 12.5 Å². The maximum absolute atomic E-state index is 5.07. The Kier molecular flexibility index (Phi) is 2.92. The Bertz CT molecular complexity index is 268. The lowest BCUT2D eigenvalue weighted by atomic mass is 10.1. The summed E-state index contributed by atoms with van der Waals surface area (Å²) >= 11 is 0. The molecule has 0 spiro atoms. The zero-order valence-electron chi connectivity index (χ0n) is 8.99. The van der Waals surface area contributed by atoms with Gasteiger partial charge in [0.15, 0.2) is 0 Å². The van der Waals surface area contributed by atoms with E-state index in [0.717, 1.165) is 12.0 Å².